The van der Waals surface area contributed by atoms with Crippen LogP contribution in [-0.2, 0) is 0 Å². The van der Waals surface area contributed by atoms with Gasteiger partial charge in [-0.3, -0.25) is 4.90 Å². The molecule has 2 rings (SSSR count). The summed E-state index contributed by atoms with van der Waals surface area (Å²) in [6.07, 6.45) is 6.30. The SMILES string of the molecule is CC1CCC(C)N(C2CCCC2C#N)C1. The summed E-state index contributed by atoms with van der Waals surface area (Å²) in [7, 11) is 0. The molecule has 0 amide bonds. The Balaban J connectivity index is 2.04. The molecule has 1 aliphatic heterocycles. The van der Waals surface area contributed by atoms with Crippen molar-refractivity contribution in [1.82, 2.24) is 4.90 Å². The van der Waals surface area contributed by atoms with Gasteiger partial charge in [0.2, 0.25) is 0 Å². The van der Waals surface area contributed by atoms with E-state index >= 15 is 0 Å². The predicted octanol–water partition coefficient (Wildman–Crippen LogP) is 2.80. The van der Waals surface area contributed by atoms with Crippen LogP contribution in [-0.4, -0.2) is 23.5 Å². The first-order valence-corrected chi connectivity index (χ1v) is 6.37. The predicted molar refractivity (Wildman–Crippen MR) is 61.3 cm³/mol. The van der Waals surface area contributed by atoms with Crippen LogP contribution in [0.3, 0.4) is 0 Å². The molecule has 0 spiro atoms. The van der Waals surface area contributed by atoms with Gasteiger partial charge in [-0.25, -0.2) is 0 Å². The molecule has 0 radical (unpaired) electrons. The molecule has 2 fully saturated rings. The van der Waals surface area contributed by atoms with Crippen molar-refractivity contribution in [2.75, 3.05) is 6.54 Å². The van der Waals surface area contributed by atoms with Crippen molar-refractivity contribution < 1.29 is 0 Å². The molecule has 0 aromatic carbocycles. The number of rotatable bonds is 1. The molecule has 2 heteroatoms. The average molecular weight is 206 g/mol. The Morgan fingerprint density at radius 2 is 1.93 bits per heavy atom. The zero-order valence-corrected chi connectivity index (χ0v) is 9.95. The maximum atomic E-state index is 9.14. The molecule has 0 aromatic heterocycles. The third-order valence-corrected chi connectivity index (χ3v) is 4.24. The van der Waals surface area contributed by atoms with E-state index in [1.165, 1.54) is 32.2 Å². The summed E-state index contributed by atoms with van der Waals surface area (Å²) < 4.78 is 0. The first-order chi connectivity index (χ1) is 7.22. The van der Waals surface area contributed by atoms with Crippen molar-refractivity contribution in [3.8, 4) is 6.07 Å². The van der Waals surface area contributed by atoms with E-state index in [2.05, 4.69) is 24.8 Å². The summed E-state index contributed by atoms with van der Waals surface area (Å²) in [6, 6.07) is 3.76. The van der Waals surface area contributed by atoms with Gasteiger partial charge in [0.1, 0.15) is 0 Å². The Kier molecular flexibility index (Phi) is 3.31. The summed E-state index contributed by atoms with van der Waals surface area (Å²) in [5.41, 5.74) is 0. The topological polar surface area (TPSA) is 27.0 Å². The zero-order chi connectivity index (χ0) is 10.8. The maximum absolute atomic E-state index is 9.14. The Morgan fingerprint density at radius 1 is 1.13 bits per heavy atom. The first-order valence-electron chi connectivity index (χ1n) is 6.37. The van der Waals surface area contributed by atoms with Crippen LogP contribution in [0.1, 0.15) is 46.0 Å². The molecule has 2 nitrogen and oxygen atoms in total. The van der Waals surface area contributed by atoms with Crippen LogP contribution < -0.4 is 0 Å². The van der Waals surface area contributed by atoms with E-state index in [1.54, 1.807) is 0 Å². The van der Waals surface area contributed by atoms with Gasteiger partial charge in [0.25, 0.3) is 0 Å². The highest BCUT2D eigenvalue weighted by Gasteiger charge is 2.36. The molecule has 1 aliphatic carbocycles. The Bertz CT molecular complexity index is 256. The highest BCUT2D eigenvalue weighted by molar-refractivity contribution is 4.99. The quantitative estimate of drug-likeness (QED) is 0.659. The molecular formula is C13H22N2. The highest BCUT2D eigenvalue weighted by atomic mass is 15.2. The standard InChI is InChI=1S/C13H22N2/c1-10-6-7-11(2)15(9-10)13-5-3-4-12(13)8-14/h10-13H,3-7,9H2,1-2H3. The molecule has 1 saturated heterocycles. The lowest BCUT2D eigenvalue weighted by molar-refractivity contribution is 0.0679. The van der Waals surface area contributed by atoms with Crippen LogP contribution in [0.5, 0.6) is 0 Å². The summed E-state index contributed by atoms with van der Waals surface area (Å²) in [5, 5.41) is 9.14. The van der Waals surface area contributed by atoms with Gasteiger partial charge in [-0.15, -0.1) is 0 Å². The van der Waals surface area contributed by atoms with Crippen LogP contribution in [0, 0.1) is 23.2 Å². The monoisotopic (exact) mass is 206 g/mol. The first kappa shape index (κ1) is 11.0. The van der Waals surface area contributed by atoms with E-state index in [0.29, 0.717) is 18.0 Å². The summed E-state index contributed by atoms with van der Waals surface area (Å²) in [4.78, 5) is 2.62. The van der Waals surface area contributed by atoms with E-state index in [9.17, 15) is 0 Å². The minimum absolute atomic E-state index is 0.303. The molecule has 1 saturated carbocycles. The number of likely N-dealkylation sites (tertiary alicyclic amines) is 1. The van der Waals surface area contributed by atoms with Gasteiger partial charge < -0.3 is 0 Å². The van der Waals surface area contributed by atoms with Crippen LogP contribution in [0.4, 0.5) is 0 Å². The number of nitriles is 1. The zero-order valence-electron chi connectivity index (χ0n) is 9.95. The fourth-order valence-electron chi connectivity index (χ4n) is 3.27. The lowest BCUT2D eigenvalue weighted by Gasteiger charge is -2.41. The number of nitrogens with zero attached hydrogens (tertiary/aromatic N) is 2. The lowest BCUT2D eigenvalue weighted by atomic mass is 9.91. The van der Waals surface area contributed by atoms with E-state index in [0.717, 1.165) is 12.3 Å². The average Bonchev–Trinajstić information content (AvgIpc) is 2.69. The molecule has 1 heterocycles. The summed E-state index contributed by atoms with van der Waals surface area (Å²) in [6.45, 7) is 5.89. The van der Waals surface area contributed by atoms with Gasteiger partial charge in [-0.05, 0) is 38.5 Å². The minimum atomic E-state index is 0.303. The largest absolute Gasteiger partial charge is 0.296 e. The second-order valence-corrected chi connectivity index (χ2v) is 5.46. The smallest absolute Gasteiger partial charge is 0.0672 e. The highest BCUT2D eigenvalue weighted by Crippen LogP contribution is 2.34. The fourth-order valence-corrected chi connectivity index (χ4v) is 3.27. The lowest BCUT2D eigenvalue weighted by Crippen LogP contribution is -2.48. The van der Waals surface area contributed by atoms with Gasteiger partial charge in [0, 0.05) is 18.6 Å². The van der Waals surface area contributed by atoms with E-state index in [-0.39, 0.29) is 0 Å². The van der Waals surface area contributed by atoms with Crippen LogP contribution >= 0.6 is 0 Å². The maximum Gasteiger partial charge on any atom is 0.0672 e. The van der Waals surface area contributed by atoms with Crippen molar-refractivity contribution in [2.24, 2.45) is 11.8 Å². The van der Waals surface area contributed by atoms with Crippen molar-refractivity contribution in [1.29, 1.82) is 5.26 Å². The molecular weight excluding hydrogens is 184 g/mol. The van der Waals surface area contributed by atoms with Gasteiger partial charge >= 0.3 is 0 Å². The summed E-state index contributed by atoms with van der Waals surface area (Å²) >= 11 is 0. The molecule has 4 atom stereocenters. The van der Waals surface area contributed by atoms with Gasteiger partial charge in [0.05, 0.1) is 12.0 Å². The Hall–Kier alpha value is -0.550. The minimum Gasteiger partial charge on any atom is -0.296 e. The van der Waals surface area contributed by atoms with Crippen LogP contribution in [0.15, 0.2) is 0 Å². The van der Waals surface area contributed by atoms with E-state index in [4.69, 9.17) is 5.26 Å². The van der Waals surface area contributed by atoms with E-state index < -0.39 is 0 Å². The van der Waals surface area contributed by atoms with Crippen molar-refractivity contribution in [3.05, 3.63) is 0 Å². The number of hydrogen-bond acceptors (Lipinski definition) is 2. The van der Waals surface area contributed by atoms with Crippen molar-refractivity contribution in [2.45, 2.75) is 58.0 Å². The van der Waals surface area contributed by atoms with Gasteiger partial charge in [-0.2, -0.15) is 5.26 Å². The Labute approximate surface area is 93.3 Å². The van der Waals surface area contributed by atoms with Crippen LogP contribution in [0.2, 0.25) is 0 Å². The Morgan fingerprint density at radius 3 is 2.67 bits per heavy atom. The second-order valence-electron chi connectivity index (χ2n) is 5.46. The van der Waals surface area contributed by atoms with Gasteiger partial charge in [0.15, 0.2) is 0 Å². The fraction of sp³-hybridized carbons (Fsp3) is 0.923. The molecule has 0 N–H and O–H groups in total. The molecule has 84 valence electrons. The third-order valence-electron chi connectivity index (χ3n) is 4.24. The van der Waals surface area contributed by atoms with Crippen molar-refractivity contribution >= 4 is 0 Å². The molecule has 2 aliphatic rings. The summed E-state index contributed by atoms with van der Waals surface area (Å²) in [5.74, 6) is 1.12. The molecule has 15 heavy (non-hydrogen) atoms. The molecule has 0 bridgehead atoms. The third kappa shape index (κ3) is 2.18. The normalized spacial score (nSPS) is 42.7. The number of piperidine rings is 1. The number of hydrogen-bond donors (Lipinski definition) is 0. The van der Waals surface area contributed by atoms with Crippen molar-refractivity contribution in [3.63, 3.8) is 0 Å². The van der Waals surface area contributed by atoms with E-state index in [1.807, 2.05) is 0 Å². The van der Waals surface area contributed by atoms with Crippen LogP contribution in [0.25, 0.3) is 0 Å². The van der Waals surface area contributed by atoms with Gasteiger partial charge in [-0.1, -0.05) is 13.3 Å². The molecule has 4 unspecified atom stereocenters. The second kappa shape index (κ2) is 4.53. The molecule has 0 aromatic rings.